The zero-order chi connectivity index (χ0) is 21.5. The first-order chi connectivity index (χ1) is 15.2. The van der Waals surface area contributed by atoms with E-state index in [1.807, 2.05) is 7.05 Å². The molecule has 1 fully saturated rings. The van der Waals surface area contributed by atoms with Crippen LogP contribution in [0.5, 0.6) is 0 Å². The number of guanidine groups is 1. The lowest BCUT2D eigenvalue weighted by molar-refractivity contribution is 0.0341. The van der Waals surface area contributed by atoms with Crippen LogP contribution in [0, 0.1) is 0 Å². The highest BCUT2D eigenvalue weighted by Gasteiger charge is 2.24. The van der Waals surface area contributed by atoms with Crippen molar-refractivity contribution in [3.05, 3.63) is 65.2 Å². The van der Waals surface area contributed by atoms with Crippen molar-refractivity contribution in [1.82, 2.24) is 15.5 Å². The minimum Gasteiger partial charge on any atom is -0.379 e. The third kappa shape index (κ3) is 6.36. The predicted octanol–water partition coefficient (Wildman–Crippen LogP) is 3.25. The SMILES string of the molecule is CN=C(NCCN1c2ccccc2CC1C)NCc1ccccc1CN1CCOCC1.I. The molecule has 1 unspecified atom stereocenters. The van der Waals surface area contributed by atoms with E-state index in [0.717, 1.165) is 64.9 Å². The summed E-state index contributed by atoms with van der Waals surface area (Å²) in [7, 11) is 1.84. The Hall–Kier alpha value is -1.84. The van der Waals surface area contributed by atoms with E-state index in [-0.39, 0.29) is 24.0 Å². The van der Waals surface area contributed by atoms with E-state index in [0.29, 0.717) is 6.04 Å². The molecule has 0 saturated carbocycles. The van der Waals surface area contributed by atoms with E-state index in [1.165, 1.54) is 22.4 Å². The van der Waals surface area contributed by atoms with Gasteiger partial charge in [0.15, 0.2) is 5.96 Å². The maximum atomic E-state index is 5.48. The molecule has 2 heterocycles. The number of rotatable bonds is 7. The second-order valence-corrected chi connectivity index (χ2v) is 8.39. The van der Waals surface area contributed by atoms with Crippen LogP contribution in [0.15, 0.2) is 53.5 Å². The van der Waals surface area contributed by atoms with Crippen molar-refractivity contribution in [1.29, 1.82) is 0 Å². The molecule has 0 aromatic heterocycles. The van der Waals surface area contributed by atoms with E-state index >= 15 is 0 Å². The van der Waals surface area contributed by atoms with E-state index < -0.39 is 0 Å². The van der Waals surface area contributed by atoms with Crippen molar-refractivity contribution in [3.8, 4) is 0 Å². The zero-order valence-electron chi connectivity index (χ0n) is 19.2. The number of nitrogens with one attached hydrogen (secondary N) is 2. The Bertz CT molecular complexity index is 884. The van der Waals surface area contributed by atoms with Gasteiger partial charge in [-0.05, 0) is 36.1 Å². The van der Waals surface area contributed by atoms with Crippen LogP contribution in [0.25, 0.3) is 0 Å². The Balaban J connectivity index is 0.00000289. The number of nitrogens with zero attached hydrogens (tertiary/aromatic N) is 3. The summed E-state index contributed by atoms with van der Waals surface area (Å²) in [5, 5.41) is 6.99. The number of ether oxygens (including phenoxy) is 1. The van der Waals surface area contributed by atoms with E-state index in [1.54, 1.807) is 0 Å². The predicted molar refractivity (Wildman–Crippen MR) is 143 cm³/mol. The van der Waals surface area contributed by atoms with Crippen molar-refractivity contribution in [2.45, 2.75) is 32.5 Å². The highest BCUT2D eigenvalue weighted by Crippen LogP contribution is 2.31. The normalized spacial score (nSPS) is 18.8. The van der Waals surface area contributed by atoms with Crippen molar-refractivity contribution in [2.75, 3.05) is 51.3 Å². The van der Waals surface area contributed by atoms with Gasteiger partial charge in [-0.25, -0.2) is 0 Å². The van der Waals surface area contributed by atoms with E-state index in [2.05, 4.69) is 80.9 Å². The van der Waals surface area contributed by atoms with Crippen molar-refractivity contribution in [3.63, 3.8) is 0 Å². The molecule has 7 heteroatoms. The van der Waals surface area contributed by atoms with Crippen LogP contribution in [0.2, 0.25) is 0 Å². The maximum absolute atomic E-state index is 5.48. The van der Waals surface area contributed by atoms with Crippen LogP contribution < -0.4 is 15.5 Å². The third-order valence-electron chi connectivity index (χ3n) is 6.28. The molecule has 1 saturated heterocycles. The van der Waals surface area contributed by atoms with Gasteiger partial charge in [-0.2, -0.15) is 0 Å². The number of benzene rings is 2. The lowest BCUT2D eigenvalue weighted by atomic mass is 10.1. The topological polar surface area (TPSA) is 52.1 Å². The number of aliphatic imine (C=N–C) groups is 1. The Kier molecular flexibility index (Phi) is 9.62. The maximum Gasteiger partial charge on any atom is 0.191 e. The van der Waals surface area contributed by atoms with Crippen molar-refractivity contribution >= 4 is 35.6 Å². The summed E-state index contributed by atoms with van der Waals surface area (Å²) in [4.78, 5) is 9.38. The summed E-state index contributed by atoms with van der Waals surface area (Å²) in [6.45, 7) is 9.53. The molecule has 2 aromatic rings. The fraction of sp³-hybridized carbons (Fsp3) is 0.480. The number of fused-ring (bicyclic) bond motifs is 1. The summed E-state index contributed by atoms with van der Waals surface area (Å²) in [6.07, 6.45) is 1.13. The molecule has 0 amide bonds. The van der Waals surface area contributed by atoms with Crippen molar-refractivity contribution < 1.29 is 4.74 Å². The summed E-state index contributed by atoms with van der Waals surface area (Å²) in [6, 6.07) is 18.0. The molecule has 4 rings (SSSR count). The molecular formula is C25H36IN5O. The van der Waals surface area contributed by atoms with Gasteiger partial charge in [-0.3, -0.25) is 9.89 Å². The quantitative estimate of drug-likeness (QED) is 0.316. The summed E-state index contributed by atoms with van der Waals surface area (Å²) in [5.41, 5.74) is 5.51. The van der Waals surface area contributed by atoms with Gasteiger partial charge in [-0.15, -0.1) is 24.0 Å². The molecule has 2 aromatic carbocycles. The molecule has 6 nitrogen and oxygen atoms in total. The first-order valence-electron chi connectivity index (χ1n) is 11.4. The Labute approximate surface area is 209 Å². The van der Waals surface area contributed by atoms with Crippen LogP contribution in [0.1, 0.15) is 23.6 Å². The van der Waals surface area contributed by atoms with E-state index in [4.69, 9.17) is 4.74 Å². The Morgan fingerprint density at radius 2 is 1.75 bits per heavy atom. The lowest BCUT2D eigenvalue weighted by Gasteiger charge is -2.27. The van der Waals surface area contributed by atoms with Crippen LogP contribution >= 0.6 is 24.0 Å². The molecule has 32 heavy (non-hydrogen) atoms. The second kappa shape index (κ2) is 12.4. The molecule has 2 N–H and O–H groups in total. The number of hydrogen-bond acceptors (Lipinski definition) is 4. The lowest BCUT2D eigenvalue weighted by Crippen LogP contribution is -2.42. The first-order valence-corrected chi connectivity index (χ1v) is 11.4. The van der Waals surface area contributed by atoms with Gasteiger partial charge in [0.05, 0.1) is 13.2 Å². The molecule has 1 atom stereocenters. The fourth-order valence-corrected chi connectivity index (χ4v) is 4.55. The third-order valence-corrected chi connectivity index (χ3v) is 6.28. The van der Waals surface area contributed by atoms with Gasteiger partial charge in [0.25, 0.3) is 0 Å². The molecule has 0 radical (unpaired) electrons. The van der Waals surface area contributed by atoms with Crippen LogP contribution in [-0.4, -0.2) is 63.3 Å². The molecule has 0 spiro atoms. The van der Waals surface area contributed by atoms with Crippen LogP contribution in [-0.2, 0) is 24.2 Å². The Morgan fingerprint density at radius 1 is 1.03 bits per heavy atom. The van der Waals surface area contributed by atoms with Crippen molar-refractivity contribution in [2.24, 2.45) is 4.99 Å². The highest BCUT2D eigenvalue weighted by atomic mass is 127. The highest BCUT2D eigenvalue weighted by molar-refractivity contribution is 14.0. The summed E-state index contributed by atoms with van der Waals surface area (Å²) < 4.78 is 5.48. The van der Waals surface area contributed by atoms with Gasteiger partial charge in [0.1, 0.15) is 0 Å². The minimum absolute atomic E-state index is 0. The average Bonchev–Trinajstić information content (AvgIpc) is 3.12. The molecular weight excluding hydrogens is 513 g/mol. The molecule has 2 aliphatic rings. The van der Waals surface area contributed by atoms with Crippen LogP contribution in [0.4, 0.5) is 5.69 Å². The Morgan fingerprint density at radius 3 is 2.53 bits per heavy atom. The van der Waals surface area contributed by atoms with Crippen LogP contribution in [0.3, 0.4) is 0 Å². The fourth-order valence-electron chi connectivity index (χ4n) is 4.55. The standard InChI is InChI=1S/C25H35N5O.HI/c1-20-17-21-7-5-6-10-24(21)30(20)12-11-27-25(26-2)28-18-22-8-3-4-9-23(22)19-29-13-15-31-16-14-29;/h3-10,20H,11-19H2,1-2H3,(H2,26,27,28);1H. The largest absolute Gasteiger partial charge is 0.379 e. The number of halogens is 1. The molecule has 0 aliphatic carbocycles. The van der Waals surface area contributed by atoms with Gasteiger partial charge in [0, 0.05) is 58.0 Å². The number of hydrogen-bond donors (Lipinski definition) is 2. The summed E-state index contributed by atoms with van der Waals surface area (Å²) in [5.74, 6) is 0.848. The first kappa shape index (κ1) is 24.8. The minimum atomic E-state index is 0. The number of anilines is 1. The molecule has 0 bridgehead atoms. The van der Waals surface area contributed by atoms with Gasteiger partial charge >= 0.3 is 0 Å². The number of morpholine rings is 1. The smallest absolute Gasteiger partial charge is 0.191 e. The van der Waals surface area contributed by atoms with Gasteiger partial charge in [0.2, 0.25) is 0 Å². The zero-order valence-corrected chi connectivity index (χ0v) is 21.5. The molecule has 174 valence electrons. The summed E-state index contributed by atoms with van der Waals surface area (Å²) >= 11 is 0. The molecule has 2 aliphatic heterocycles. The monoisotopic (exact) mass is 549 g/mol. The van der Waals surface area contributed by atoms with Gasteiger partial charge < -0.3 is 20.3 Å². The van der Waals surface area contributed by atoms with E-state index in [9.17, 15) is 0 Å². The average molecular weight is 550 g/mol. The second-order valence-electron chi connectivity index (χ2n) is 8.39. The number of para-hydroxylation sites is 1. The van der Waals surface area contributed by atoms with Gasteiger partial charge in [-0.1, -0.05) is 42.5 Å².